The number of nitrogens with one attached hydrogen (secondary N) is 1. The first-order chi connectivity index (χ1) is 5.92. The lowest BCUT2D eigenvalue weighted by Crippen LogP contribution is -2.35. The number of aliphatic hydroxyl groups excluding tert-OH is 1. The summed E-state index contributed by atoms with van der Waals surface area (Å²) in [5.41, 5.74) is 0. The van der Waals surface area contributed by atoms with Gasteiger partial charge in [0.25, 0.3) is 0 Å². The zero-order valence-electron chi connectivity index (χ0n) is 6.98. The van der Waals surface area contributed by atoms with Gasteiger partial charge in [-0.25, -0.2) is 0 Å². The highest BCUT2D eigenvalue weighted by molar-refractivity contribution is 5.22. The topological polar surface area (TPSA) is 35.5 Å². The molecular formula is C9H14N2O. The van der Waals surface area contributed by atoms with Crippen molar-refractivity contribution in [3.8, 4) is 0 Å². The Kier molecular flexibility index (Phi) is 2.26. The first-order valence-electron chi connectivity index (χ1n) is 4.35. The van der Waals surface area contributed by atoms with Gasteiger partial charge in [-0.05, 0) is 0 Å². The van der Waals surface area contributed by atoms with Crippen LogP contribution in [0.1, 0.15) is 0 Å². The summed E-state index contributed by atoms with van der Waals surface area (Å²) in [5.74, 6) is 0. The van der Waals surface area contributed by atoms with Crippen molar-refractivity contribution < 1.29 is 5.11 Å². The number of aliphatic hydroxyl groups is 1. The molecule has 3 heteroatoms. The Balaban J connectivity index is 2.03. The van der Waals surface area contributed by atoms with Crippen molar-refractivity contribution in [3.05, 3.63) is 24.3 Å². The summed E-state index contributed by atoms with van der Waals surface area (Å²) >= 11 is 0. The zero-order chi connectivity index (χ0) is 8.39. The fourth-order valence-corrected chi connectivity index (χ4v) is 1.82. The van der Waals surface area contributed by atoms with Gasteiger partial charge in [-0.3, -0.25) is 10.2 Å². The molecule has 1 saturated heterocycles. The molecule has 0 aromatic heterocycles. The number of nitrogens with zero attached hydrogens (tertiary/aromatic N) is 1. The molecule has 0 bridgehead atoms. The van der Waals surface area contributed by atoms with E-state index in [4.69, 9.17) is 5.11 Å². The van der Waals surface area contributed by atoms with Crippen LogP contribution in [-0.2, 0) is 0 Å². The summed E-state index contributed by atoms with van der Waals surface area (Å²) in [6.07, 6.45) is 8.48. The summed E-state index contributed by atoms with van der Waals surface area (Å²) in [7, 11) is 0. The quantitative estimate of drug-likeness (QED) is 0.591. The molecule has 3 nitrogen and oxygen atoms in total. The van der Waals surface area contributed by atoms with Crippen LogP contribution >= 0.6 is 0 Å². The second kappa shape index (κ2) is 3.39. The number of hydrogen-bond donors (Lipinski definition) is 2. The molecule has 1 aliphatic heterocycles. The number of fused-ring (bicyclic) bond motifs is 1. The minimum Gasteiger partial charge on any atom is -0.395 e. The van der Waals surface area contributed by atoms with Gasteiger partial charge in [0.15, 0.2) is 0 Å². The number of β-amino-alcohol motifs (C(OH)–C–C–N with tert-alkyl or cyclic N) is 1. The summed E-state index contributed by atoms with van der Waals surface area (Å²) in [6, 6.07) is 0.892. The molecule has 2 N–H and O–H groups in total. The molecule has 1 fully saturated rings. The summed E-state index contributed by atoms with van der Waals surface area (Å²) < 4.78 is 0. The molecule has 2 aliphatic rings. The van der Waals surface area contributed by atoms with Gasteiger partial charge >= 0.3 is 0 Å². The molecule has 1 heterocycles. The maximum absolute atomic E-state index is 8.81. The molecule has 0 amide bonds. The molecule has 0 saturated carbocycles. The van der Waals surface area contributed by atoms with Crippen molar-refractivity contribution in [3.63, 3.8) is 0 Å². The third kappa shape index (κ3) is 1.31. The van der Waals surface area contributed by atoms with Gasteiger partial charge in [0.05, 0.1) is 6.61 Å². The predicted octanol–water partition coefficient (Wildman–Crippen LogP) is -0.295. The third-order valence-electron chi connectivity index (χ3n) is 2.44. The minimum absolute atomic E-state index is 0.239. The highest BCUT2D eigenvalue weighted by Gasteiger charge is 2.30. The number of allylic oxidation sites excluding steroid dienone is 2. The van der Waals surface area contributed by atoms with E-state index in [9.17, 15) is 0 Å². The van der Waals surface area contributed by atoms with Gasteiger partial charge in [0.1, 0.15) is 0 Å². The number of rotatable bonds is 2. The van der Waals surface area contributed by atoms with Crippen LogP contribution in [0.2, 0.25) is 0 Å². The standard InChI is InChI=1S/C9H14N2O/c12-6-5-11-7-10-8-3-1-2-4-9(8)11/h1-4,8-10,12H,5-7H2. The van der Waals surface area contributed by atoms with E-state index in [0.717, 1.165) is 13.2 Å². The lowest BCUT2D eigenvalue weighted by Gasteiger charge is -2.23. The molecular weight excluding hydrogens is 152 g/mol. The normalized spacial score (nSPS) is 34.1. The first-order valence-corrected chi connectivity index (χ1v) is 4.35. The number of hydrogen-bond acceptors (Lipinski definition) is 3. The second-order valence-electron chi connectivity index (χ2n) is 3.18. The smallest absolute Gasteiger partial charge is 0.0559 e. The molecule has 66 valence electrons. The van der Waals surface area contributed by atoms with Crippen LogP contribution in [0.4, 0.5) is 0 Å². The van der Waals surface area contributed by atoms with E-state index in [2.05, 4.69) is 34.5 Å². The molecule has 2 unspecified atom stereocenters. The highest BCUT2D eigenvalue weighted by Crippen LogP contribution is 2.16. The van der Waals surface area contributed by atoms with E-state index in [-0.39, 0.29) is 6.61 Å². The molecule has 2 rings (SSSR count). The van der Waals surface area contributed by atoms with E-state index in [1.807, 2.05) is 0 Å². The van der Waals surface area contributed by atoms with Gasteiger partial charge in [0, 0.05) is 25.3 Å². The monoisotopic (exact) mass is 166 g/mol. The minimum atomic E-state index is 0.239. The Hall–Kier alpha value is -0.640. The fraction of sp³-hybridized carbons (Fsp3) is 0.556. The maximum Gasteiger partial charge on any atom is 0.0559 e. The lowest BCUT2D eigenvalue weighted by atomic mass is 10.0. The Morgan fingerprint density at radius 3 is 3.08 bits per heavy atom. The average Bonchev–Trinajstić information content (AvgIpc) is 2.50. The summed E-state index contributed by atoms with van der Waals surface area (Å²) in [6.45, 7) is 1.87. The van der Waals surface area contributed by atoms with Crippen molar-refractivity contribution in [2.75, 3.05) is 19.8 Å². The zero-order valence-corrected chi connectivity index (χ0v) is 6.98. The molecule has 2 atom stereocenters. The third-order valence-corrected chi connectivity index (χ3v) is 2.44. The largest absolute Gasteiger partial charge is 0.395 e. The van der Waals surface area contributed by atoms with E-state index in [1.54, 1.807) is 0 Å². The van der Waals surface area contributed by atoms with Gasteiger partial charge < -0.3 is 5.11 Å². The Morgan fingerprint density at radius 2 is 2.25 bits per heavy atom. The fourth-order valence-electron chi connectivity index (χ4n) is 1.82. The van der Waals surface area contributed by atoms with Crippen LogP contribution in [0.3, 0.4) is 0 Å². The second-order valence-corrected chi connectivity index (χ2v) is 3.18. The van der Waals surface area contributed by atoms with E-state index >= 15 is 0 Å². The predicted molar refractivity (Wildman–Crippen MR) is 47.7 cm³/mol. The van der Waals surface area contributed by atoms with E-state index in [1.165, 1.54) is 0 Å². The van der Waals surface area contributed by atoms with Crippen molar-refractivity contribution in [2.45, 2.75) is 12.1 Å². The van der Waals surface area contributed by atoms with Crippen LogP contribution in [0.25, 0.3) is 0 Å². The molecule has 0 radical (unpaired) electrons. The SMILES string of the molecule is OCCN1CNC2C=CC=CC21. The van der Waals surface area contributed by atoms with Crippen molar-refractivity contribution >= 4 is 0 Å². The van der Waals surface area contributed by atoms with Gasteiger partial charge in [-0.15, -0.1) is 0 Å². The van der Waals surface area contributed by atoms with Crippen LogP contribution in [-0.4, -0.2) is 41.9 Å². The Morgan fingerprint density at radius 1 is 1.42 bits per heavy atom. The van der Waals surface area contributed by atoms with Gasteiger partial charge in [-0.1, -0.05) is 24.3 Å². The van der Waals surface area contributed by atoms with Crippen LogP contribution < -0.4 is 5.32 Å². The molecule has 0 aromatic rings. The van der Waals surface area contributed by atoms with Crippen LogP contribution in [0.15, 0.2) is 24.3 Å². The average molecular weight is 166 g/mol. The van der Waals surface area contributed by atoms with Gasteiger partial charge in [0.2, 0.25) is 0 Å². The first kappa shape index (κ1) is 7.98. The molecule has 1 aliphatic carbocycles. The Bertz CT molecular complexity index is 213. The van der Waals surface area contributed by atoms with Crippen molar-refractivity contribution in [2.24, 2.45) is 0 Å². The summed E-state index contributed by atoms with van der Waals surface area (Å²) in [4.78, 5) is 2.24. The van der Waals surface area contributed by atoms with Crippen molar-refractivity contribution in [1.29, 1.82) is 0 Å². The Labute approximate surface area is 72.4 Å². The van der Waals surface area contributed by atoms with E-state index in [0.29, 0.717) is 12.1 Å². The lowest BCUT2D eigenvalue weighted by molar-refractivity contribution is 0.199. The van der Waals surface area contributed by atoms with Gasteiger partial charge in [-0.2, -0.15) is 0 Å². The maximum atomic E-state index is 8.81. The van der Waals surface area contributed by atoms with Crippen LogP contribution in [0, 0.1) is 0 Å². The summed E-state index contributed by atoms with van der Waals surface area (Å²) in [5, 5.41) is 12.2. The van der Waals surface area contributed by atoms with E-state index < -0.39 is 0 Å². The highest BCUT2D eigenvalue weighted by atomic mass is 16.3. The van der Waals surface area contributed by atoms with Crippen molar-refractivity contribution in [1.82, 2.24) is 10.2 Å². The van der Waals surface area contributed by atoms with Crippen LogP contribution in [0.5, 0.6) is 0 Å². The molecule has 0 spiro atoms. The molecule has 12 heavy (non-hydrogen) atoms. The molecule has 0 aromatic carbocycles.